The standard InChI is InChI=1S/C27H28ClF2N5O3/c1-16(36)35-14-20(12-29)34(13-17-4-6-21(38-3)7-5-17)15-24(35)19-9-22(32-25(28)10-19)18-8-23(27(37)31-2)33-26(30)11-18/h4-11,20,24H,12-15H2,1-3H3,(H,31,37)/t20-,24-/m1/s1. The van der Waals surface area contributed by atoms with Crippen LogP contribution in [0.1, 0.15) is 34.6 Å². The number of carbonyl (C=O) groups excluding carboxylic acids is 2. The Morgan fingerprint density at radius 2 is 1.87 bits per heavy atom. The molecule has 11 heteroatoms. The number of carbonyl (C=O) groups is 2. The summed E-state index contributed by atoms with van der Waals surface area (Å²) in [6.07, 6.45) is 0. The number of halogens is 3. The van der Waals surface area contributed by atoms with E-state index in [1.807, 2.05) is 29.2 Å². The van der Waals surface area contributed by atoms with Crippen LogP contribution in [-0.2, 0) is 11.3 Å². The number of pyridine rings is 2. The van der Waals surface area contributed by atoms with Crippen LogP contribution < -0.4 is 10.1 Å². The van der Waals surface area contributed by atoms with Gasteiger partial charge in [-0.1, -0.05) is 23.7 Å². The maximum absolute atomic E-state index is 14.3. The molecule has 0 unspecified atom stereocenters. The van der Waals surface area contributed by atoms with E-state index in [4.69, 9.17) is 16.3 Å². The molecule has 200 valence electrons. The lowest BCUT2D eigenvalue weighted by atomic mass is 9.97. The van der Waals surface area contributed by atoms with E-state index in [9.17, 15) is 18.4 Å². The molecule has 1 aliphatic heterocycles. The second-order valence-corrected chi connectivity index (χ2v) is 9.41. The molecule has 0 bridgehead atoms. The SMILES string of the molecule is CNC(=O)c1cc(-c2cc([C@H]3CN(Cc4ccc(OC)cc4)[C@H](CF)CN3C(C)=O)cc(Cl)n2)cc(F)n1. The van der Waals surface area contributed by atoms with E-state index in [1.165, 1.54) is 20.0 Å². The van der Waals surface area contributed by atoms with Crippen LogP contribution in [0.4, 0.5) is 8.78 Å². The Morgan fingerprint density at radius 1 is 1.13 bits per heavy atom. The minimum Gasteiger partial charge on any atom is -0.497 e. The molecule has 1 saturated heterocycles. The summed E-state index contributed by atoms with van der Waals surface area (Å²) in [6, 6.07) is 12.5. The molecular formula is C27H28ClF2N5O3. The largest absolute Gasteiger partial charge is 0.497 e. The summed E-state index contributed by atoms with van der Waals surface area (Å²) in [6.45, 7) is 1.82. The van der Waals surface area contributed by atoms with Crippen LogP contribution in [0, 0.1) is 5.95 Å². The average Bonchev–Trinajstić information content (AvgIpc) is 2.92. The average molecular weight is 544 g/mol. The molecule has 0 saturated carbocycles. The number of alkyl halides is 1. The number of hydrogen-bond donors (Lipinski definition) is 1. The molecule has 3 heterocycles. The van der Waals surface area contributed by atoms with Gasteiger partial charge in [0, 0.05) is 45.2 Å². The van der Waals surface area contributed by atoms with Crippen molar-refractivity contribution in [3.05, 3.63) is 76.5 Å². The van der Waals surface area contributed by atoms with Crippen molar-refractivity contribution in [1.29, 1.82) is 0 Å². The lowest BCUT2D eigenvalue weighted by Gasteiger charge is -2.45. The predicted molar refractivity (Wildman–Crippen MR) is 139 cm³/mol. The van der Waals surface area contributed by atoms with Gasteiger partial charge in [-0.25, -0.2) is 14.4 Å². The number of nitrogens with one attached hydrogen (secondary N) is 1. The van der Waals surface area contributed by atoms with E-state index in [0.717, 1.165) is 17.4 Å². The molecule has 8 nitrogen and oxygen atoms in total. The highest BCUT2D eigenvalue weighted by molar-refractivity contribution is 6.29. The summed E-state index contributed by atoms with van der Waals surface area (Å²) in [7, 11) is 3.01. The Labute approximate surface area is 224 Å². The van der Waals surface area contributed by atoms with Crippen LogP contribution in [0.3, 0.4) is 0 Å². The first-order valence-electron chi connectivity index (χ1n) is 12.0. The Hall–Kier alpha value is -3.63. The van der Waals surface area contributed by atoms with Crippen LogP contribution in [0.2, 0.25) is 5.15 Å². The van der Waals surface area contributed by atoms with Gasteiger partial charge < -0.3 is 15.0 Å². The van der Waals surface area contributed by atoms with E-state index in [1.54, 1.807) is 24.1 Å². The van der Waals surface area contributed by atoms with Crippen molar-refractivity contribution in [2.24, 2.45) is 0 Å². The number of amides is 2. The van der Waals surface area contributed by atoms with Gasteiger partial charge in [0.25, 0.3) is 5.91 Å². The number of ether oxygens (including phenoxy) is 1. The number of benzene rings is 1. The zero-order chi connectivity index (χ0) is 27.4. The van der Waals surface area contributed by atoms with Gasteiger partial charge in [0.15, 0.2) is 0 Å². The van der Waals surface area contributed by atoms with E-state index >= 15 is 0 Å². The smallest absolute Gasteiger partial charge is 0.269 e. The summed E-state index contributed by atoms with van der Waals surface area (Å²) in [5, 5.41) is 2.55. The minimum absolute atomic E-state index is 0.106. The first kappa shape index (κ1) is 27.4. The van der Waals surface area contributed by atoms with Gasteiger partial charge in [-0.2, -0.15) is 4.39 Å². The number of aromatic nitrogens is 2. The molecule has 0 spiro atoms. The van der Waals surface area contributed by atoms with Crippen LogP contribution in [0.5, 0.6) is 5.75 Å². The normalized spacial score (nSPS) is 17.8. The summed E-state index contributed by atoms with van der Waals surface area (Å²) in [5.41, 5.74) is 2.15. The monoisotopic (exact) mass is 543 g/mol. The van der Waals surface area contributed by atoms with Crippen molar-refractivity contribution >= 4 is 23.4 Å². The molecular weight excluding hydrogens is 516 g/mol. The first-order chi connectivity index (χ1) is 18.2. The van der Waals surface area contributed by atoms with E-state index in [2.05, 4.69) is 15.3 Å². The van der Waals surface area contributed by atoms with Gasteiger partial charge in [0.1, 0.15) is 23.3 Å². The Bertz CT molecular complexity index is 1320. The predicted octanol–water partition coefficient (Wildman–Crippen LogP) is 4.05. The Balaban J connectivity index is 1.70. The highest BCUT2D eigenvalue weighted by atomic mass is 35.5. The Kier molecular flexibility index (Phi) is 8.53. The Morgan fingerprint density at radius 3 is 2.50 bits per heavy atom. The molecule has 2 aromatic heterocycles. The number of piperazine rings is 1. The van der Waals surface area contributed by atoms with Gasteiger partial charge in [0.05, 0.1) is 24.9 Å². The zero-order valence-corrected chi connectivity index (χ0v) is 22.0. The molecule has 38 heavy (non-hydrogen) atoms. The van der Waals surface area contributed by atoms with Crippen molar-refractivity contribution in [3.63, 3.8) is 0 Å². The summed E-state index contributed by atoms with van der Waals surface area (Å²) >= 11 is 6.38. The van der Waals surface area contributed by atoms with Crippen LogP contribution >= 0.6 is 11.6 Å². The molecule has 1 N–H and O–H groups in total. The molecule has 3 aromatic rings. The lowest BCUT2D eigenvalue weighted by Crippen LogP contribution is -2.56. The fourth-order valence-electron chi connectivity index (χ4n) is 4.62. The summed E-state index contributed by atoms with van der Waals surface area (Å²) in [5.74, 6) is -0.872. The van der Waals surface area contributed by atoms with Crippen molar-refractivity contribution in [2.45, 2.75) is 25.6 Å². The lowest BCUT2D eigenvalue weighted by molar-refractivity contribution is -0.136. The van der Waals surface area contributed by atoms with E-state index in [0.29, 0.717) is 29.9 Å². The molecule has 0 radical (unpaired) electrons. The first-order valence-corrected chi connectivity index (χ1v) is 12.4. The number of hydrogen-bond acceptors (Lipinski definition) is 6. The van der Waals surface area contributed by atoms with E-state index in [-0.39, 0.29) is 23.3 Å². The highest BCUT2D eigenvalue weighted by Gasteiger charge is 2.36. The molecule has 0 aliphatic carbocycles. The van der Waals surface area contributed by atoms with Gasteiger partial charge >= 0.3 is 0 Å². The maximum atomic E-state index is 14.3. The molecule has 1 aliphatic rings. The van der Waals surface area contributed by atoms with Crippen LogP contribution in [0.15, 0.2) is 48.5 Å². The summed E-state index contributed by atoms with van der Waals surface area (Å²) in [4.78, 5) is 36.3. The van der Waals surface area contributed by atoms with Crippen molar-refractivity contribution in [1.82, 2.24) is 25.1 Å². The zero-order valence-electron chi connectivity index (χ0n) is 21.2. The van der Waals surface area contributed by atoms with Gasteiger partial charge in [-0.3, -0.25) is 14.5 Å². The number of rotatable bonds is 7. The molecule has 2 amide bonds. The van der Waals surface area contributed by atoms with Gasteiger partial charge in [-0.05, 0) is 41.5 Å². The second kappa shape index (κ2) is 11.8. The van der Waals surface area contributed by atoms with E-state index < -0.39 is 30.6 Å². The van der Waals surface area contributed by atoms with Crippen molar-refractivity contribution in [3.8, 4) is 17.0 Å². The third kappa shape index (κ3) is 6.08. The fourth-order valence-corrected chi connectivity index (χ4v) is 4.84. The molecule has 1 fully saturated rings. The third-order valence-corrected chi connectivity index (χ3v) is 6.78. The molecule has 4 rings (SSSR count). The third-order valence-electron chi connectivity index (χ3n) is 6.59. The van der Waals surface area contributed by atoms with Crippen molar-refractivity contribution < 1.29 is 23.1 Å². The summed E-state index contributed by atoms with van der Waals surface area (Å²) < 4.78 is 33.6. The molecule has 1 aromatic carbocycles. The van der Waals surface area contributed by atoms with Crippen LogP contribution in [-0.4, -0.2) is 71.5 Å². The topological polar surface area (TPSA) is 87.7 Å². The van der Waals surface area contributed by atoms with Crippen molar-refractivity contribution in [2.75, 3.05) is 33.9 Å². The fraction of sp³-hybridized carbons (Fsp3) is 0.333. The number of nitrogens with zero attached hydrogens (tertiary/aromatic N) is 4. The highest BCUT2D eigenvalue weighted by Crippen LogP contribution is 2.33. The van der Waals surface area contributed by atoms with Crippen LogP contribution in [0.25, 0.3) is 11.3 Å². The second-order valence-electron chi connectivity index (χ2n) is 9.02. The van der Waals surface area contributed by atoms with Gasteiger partial charge in [-0.15, -0.1) is 0 Å². The molecule has 2 atom stereocenters. The quantitative estimate of drug-likeness (QED) is 0.452. The maximum Gasteiger partial charge on any atom is 0.269 e. The minimum atomic E-state index is -0.844. The van der Waals surface area contributed by atoms with Gasteiger partial charge in [0.2, 0.25) is 11.9 Å². The number of methoxy groups -OCH3 is 1.